The molecule has 0 fully saturated rings. The van der Waals surface area contributed by atoms with E-state index in [1.54, 1.807) is 38.1 Å². The Labute approximate surface area is 149 Å². The molecule has 26 heavy (non-hydrogen) atoms. The molecule has 1 aliphatic heterocycles. The Bertz CT molecular complexity index is 744. The van der Waals surface area contributed by atoms with Crippen molar-refractivity contribution in [1.29, 1.82) is 0 Å². The molecule has 0 radical (unpaired) electrons. The summed E-state index contributed by atoms with van der Waals surface area (Å²) in [4.78, 5) is 47.7. The first-order valence-electron chi connectivity index (χ1n) is 7.96. The quantitative estimate of drug-likeness (QED) is 0.646. The molecule has 9 nitrogen and oxygen atoms in total. The minimum atomic E-state index is -1.52. The van der Waals surface area contributed by atoms with Crippen molar-refractivity contribution in [2.45, 2.75) is 38.3 Å². The van der Waals surface area contributed by atoms with Gasteiger partial charge in [0.05, 0.1) is 12.1 Å². The molecule has 0 saturated carbocycles. The van der Waals surface area contributed by atoms with Crippen molar-refractivity contribution in [3.63, 3.8) is 0 Å². The third kappa shape index (κ3) is 4.29. The lowest BCUT2D eigenvalue weighted by Gasteiger charge is -2.38. The second-order valence-corrected chi connectivity index (χ2v) is 6.34. The number of nitrogens with zero attached hydrogens (tertiary/aromatic N) is 1. The van der Waals surface area contributed by atoms with Gasteiger partial charge in [-0.25, -0.2) is 4.79 Å². The van der Waals surface area contributed by atoms with Crippen molar-refractivity contribution < 1.29 is 34.1 Å². The molecule has 1 heterocycles. The highest BCUT2D eigenvalue weighted by Crippen LogP contribution is 2.37. The average molecular weight is 364 g/mol. The summed E-state index contributed by atoms with van der Waals surface area (Å²) in [6, 6.07) is 5.37. The van der Waals surface area contributed by atoms with Gasteiger partial charge in [-0.2, -0.15) is 0 Å². The molecule has 0 aromatic heterocycles. The van der Waals surface area contributed by atoms with Crippen LogP contribution in [0.4, 0.5) is 5.69 Å². The Hall–Kier alpha value is -3.10. The number of hydrogen-bond acceptors (Lipinski definition) is 5. The SMILES string of the molecule is CC1(C)Oc2ccccc2N(CCC(=O)NC(CC(=O)O)C(=O)O)C1=O. The molecule has 0 aliphatic carbocycles. The Morgan fingerprint density at radius 3 is 2.50 bits per heavy atom. The van der Waals surface area contributed by atoms with Gasteiger partial charge in [-0.05, 0) is 26.0 Å². The topological polar surface area (TPSA) is 133 Å². The zero-order valence-corrected chi connectivity index (χ0v) is 14.4. The van der Waals surface area contributed by atoms with Gasteiger partial charge < -0.3 is 25.2 Å². The van der Waals surface area contributed by atoms with E-state index in [0.717, 1.165) is 0 Å². The normalized spacial score (nSPS) is 16.2. The van der Waals surface area contributed by atoms with Crippen molar-refractivity contribution >= 4 is 29.4 Å². The van der Waals surface area contributed by atoms with Gasteiger partial charge in [0.25, 0.3) is 5.91 Å². The third-order valence-corrected chi connectivity index (χ3v) is 3.86. The molecule has 1 aromatic carbocycles. The van der Waals surface area contributed by atoms with Gasteiger partial charge in [-0.15, -0.1) is 0 Å². The highest BCUT2D eigenvalue weighted by atomic mass is 16.5. The van der Waals surface area contributed by atoms with Crippen LogP contribution < -0.4 is 15.0 Å². The first kappa shape index (κ1) is 19.2. The monoisotopic (exact) mass is 364 g/mol. The van der Waals surface area contributed by atoms with Crippen LogP contribution in [0, 0.1) is 0 Å². The number of carboxylic acids is 2. The Kier molecular flexibility index (Phi) is 5.49. The number of carbonyl (C=O) groups is 4. The molecule has 0 spiro atoms. The number of nitrogens with one attached hydrogen (secondary N) is 1. The number of para-hydroxylation sites is 2. The molecule has 1 aliphatic rings. The van der Waals surface area contributed by atoms with E-state index in [-0.39, 0.29) is 18.9 Å². The lowest BCUT2D eigenvalue weighted by molar-refractivity contribution is -0.147. The van der Waals surface area contributed by atoms with Crippen LogP contribution in [0.3, 0.4) is 0 Å². The molecular formula is C17H20N2O7. The summed E-state index contributed by atoms with van der Waals surface area (Å²) < 4.78 is 5.67. The molecule has 1 atom stereocenters. The molecule has 0 saturated heterocycles. The van der Waals surface area contributed by atoms with E-state index >= 15 is 0 Å². The summed E-state index contributed by atoms with van der Waals surface area (Å²) in [5.74, 6) is -3.25. The van der Waals surface area contributed by atoms with Crippen LogP contribution in [-0.2, 0) is 19.2 Å². The van der Waals surface area contributed by atoms with Gasteiger partial charge in [0, 0.05) is 13.0 Å². The highest BCUT2D eigenvalue weighted by molar-refractivity contribution is 6.02. The summed E-state index contributed by atoms with van der Waals surface area (Å²) in [7, 11) is 0. The third-order valence-electron chi connectivity index (χ3n) is 3.86. The minimum Gasteiger partial charge on any atom is -0.481 e. The van der Waals surface area contributed by atoms with E-state index in [9.17, 15) is 19.2 Å². The lowest BCUT2D eigenvalue weighted by Crippen LogP contribution is -2.53. The molecule has 3 N–H and O–H groups in total. The maximum atomic E-state index is 12.6. The van der Waals surface area contributed by atoms with E-state index in [1.165, 1.54) is 4.90 Å². The van der Waals surface area contributed by atoms with Crippen LogP contribution in [0.25, 0.3) is 0 Å². The fourth-order valence-electron chi connectivity index (χ4n) is 2.60. The van der Waals surface area contributed by atoms with Crippen LogP contribution >= 0.6 is 0 Å². The van der Waals surface area contributed by atoms with E-state index < -0.39 is 35.9 Å². The Balaban J connectivity index is 2.08. The molecule has 140 valence electrons. The van der Waals surface area contributed by atoms with E-state index in [1.807, 2.05) is 0 Å². The van der Waals surface area contributed by atoms with Gasteiger partial charge in [-0.3, -0.25) is 14.4 Å². The number of carbonyl (C=O) groups excluding carboxylic acids is 2. The predicted octanol–water partition coefficient (Wildman–Crippen LogP) is 0.625. The summed E-state index contributed by atoms with van der Waals surface area (Å²) >= 11 is 0. The zero-order valence-electron chi connectivity index (χ0n) is 14.4. The summed E-state index contributed by atoms with van der Waals surface area (Å²) in [6.07, 6.45) is -0.910. The van der Waals surface area contributed by atoms with E-state index in [4.69, 9.17) is 14.9 Å². The van der Waals surface area contributed by atoms with Crippen molar-refractivity contribution in [2.24, 2.45) is 0 Å². The van der Waals surface area contributed by atoms with Crippen molar-refractivity contribution in [1.82, 2.24) is 5.32 Å². The van der Waals surface area contributed by atoms with Crippen LogP contribution in [-0.4, -0.2) is 52.2 Å². The van der Waals surface area contributed by atoms with E-state index in [2.05, 4.69) is 5.32 Å². The smallest absolute Gasteiger partial charge is 0.326 e. The zero-order chi connectivity index (χ0) is 19.5. The van der Waals surface area contributed by atoms with Crippen molar-refractivity contribution in [3.8, 4) is 5.75 Å². The standard InChI is InChI=1S/C17H20N2O7/c1-17(2)16(25)19(11-5-3-4-6-12(11)26-17)8-7-13(20)18-10(15(23)24)9-14(21)22/h3-6,10H,7-9H2,1-2H3,(H,18,20)(H,21,22)(H,23,24). The highest BCUT2D eigenvalue weighted by Gasteiger charge is 2.40. The predicted molar refractivity (Wildman–Crippen MR) is 89.9 cm³/mol. The summed E-state index contributed by atoms with van der Waals surface area (Å²) in [5.41, 5.74) is -0.581. The molecule has 2 rings (SSSR count). The number of carboxylic acid groups (broad SMARTS) is 2. The molecular weight excluding hydrogens is 344 g/mol. The maximum Gasteiger partial charge on any atom is 0.326 e. The number of amides is 2. The maximum absolute atomic E-state index is 12.6. The number of fused-ring (bicyclic) bond motifs is 1. The number of ether oxygens (including phenoxy) is 1. The van der Waals surface area contributed by atoms with E-state index in [0.29, 0.717) is 11.4 Å². The van der Waals surface area contributed by atoms with Gasteiger partial charge in [0.1, 0.15) is 11.8 Å². The van der Waals surface area contributed by atoms with Gasteiger partial charge in [0.2, 0.25) is 5.91 Å². The molecule has 1 aromatic rings. The van der Waals surface area contributed by atoms with Gasteiger partial charge in [0.15, 0.2) is 5.60 Å². The molecule has 2 amide bonds. The van der Waals surface area contributed by atoms with Crippen LogP contribution in [0.15, 0.2) is 24.3 Å². The van der Waals surface area contributed by atoms with Crippen LogP contribution in [0.5, 0.6) is 5.75 Å². The molecule has 0 bridgehead atoms. The van der Waals surface area contributed by atoms with Crippen LogP contribution in [0.1, 0.15) is 26.7 Å². The largest absolute Gasteiger partial charge is 0.481 e. The second-order valence-electron chi connectivity index (χ2n) is 6.34. The lowest BCUT2D eigenvalue weighted by atomic mass is 10.0. The number of rotatable bonds is 7. The fourth-order valence-corrected chi connectivity index (χ4v) is 2.60. The Morgan fingerprint density at radius 1 is 1.23 bits per heavy atom. The number of hydrogen-bond donors (Lipinski definition) is 3. The average Bonchev–Trinajstić information content (AvgIpc) is 2.54. The first-order chi connectivity index (χ1) is 12.1. The molecule has 9 heteroatoms. The Morgan fingerprint density at radius 2 is 1.88 bits per heavy atom. The van der Waals surface area contributed by atoms with Gasteiger partial charge >= 0.3 is 11.9 Å². The summed E-state index contributed by atoms with van der Waals surface area (Å²) in [6.45, 7) is 3.24. The number of benzene rings is 1. The minimum absolute atomic E-state index is 0.00782. The number of anilines is 1. The van der Waals surface area contributed by atoms with Gasteiger partial charge in [-0.1, -0.05) is 12.1 Å². The van der Waals surface area contributed by atoms with Crippen molar-refractivity contribution in [2.75, 3.05) is 11.4 Å². The van der Waals surface area contributed by atoms with Crippen LogP contribution in [0.2, 0.25) is 0 Å². The first-order valence-corrected chi connectivity index (χ1v) is 7.96. The number of aliphatic carboxylic acids is 2. The fraction of sp³-hybridized carbons (Fsp3) is 0.412. The second kappa shape index (κ2) is 7.42. The molecule has 1 unspecified atom stereocenters. The van der Waals surface area contributed by atoms with Crippen molar-refractivity contribution in [3.05, 3.63) is 24.3 Å². The summed E-state index contributed by atoms with van der Waals surface area (Å²) in [5, 5.41) is 19.8.